The predicted octanol–water partition coefficient (Wildman–Crippen LogP) is 2.26. The van der Waals surface area contributed by atoms with Gasteiger partial charge in [-0.2, -0.15) is 14.9 Å². The number of rotatable bonds is 6. The molecule has 1 aromatic heterocycles. The largest absolute Gasteiger partial charge is 0.872 e. The zero-order valence-electron chi connectivity index (χ0n) is 15.1. The fourth-order valence-electron chi connectivity index (χ4n) is 2.85. The molecule has 27 heavy (non-hydrogen) atoms. The Bertz CT molecular complexity index is 1020. The molecule has 0 amide bonds. The molecule has 1 heterocycles. The van der Waals surface area contributed by atoms with Crippen LogP contribution in [0.4, 0.5) is 10.1 Å². The molecule has 0 fully saturated rings. The SMILES string of the molecule is CC[NH+](CC)c1ccc(C=Nn2c(-c3ccccc3F)n[nH]c2=S)c([O-])c1. The van der Waals surface area contributed by atoms with Crippen LogP contribution in [0.15, 0.2) is 47.6 Å². The molecule has 0 saturated heterocycles. The van der Waals surface area contributed by atoms with Gasteiger partial charge in [-0.25, -0.2) is 9.49 Å². The maximum absolute atomic E-state index is 14.1. The van der Waals surface area contributed by atoms with E-state index in [9.17, 15) is 9.50 Å². The summed E-state index contributed by atoms with van der Waals surface area (Å²) in [5.74, 6) is -0.317. The lowest BCUT2D eigenvalue weighted by Gasteiger charge is -2.18. The topological polar surface area (TPSA) is 73.5 Å². The number of quaternary nitrogens is 1. The summed E-state index contributed by atoms with van der Waals surface area (Å²) in [7, 11) is 0. The number of benzene rings is 2. The molecule has 8 heteroatoms. The Balaban J connectivity index is 1.95. The first-order chi connectivity index (χ1) is 13.0. The van der Waals surface area contributed by atoms with Gasteiger partial charge in [-0.1, -0.05) is 17.9 Å². The van der Waals surface area contributed by atoms with Gasteiger partial charge in [0, 0.05) is 0 Å². The van der Waals surface area contributed by atoms with Gasteiger partial charge in [0.15, 0.2) is 5.82 Å². The van der Waals surface area contributed by atoms with Crippen LogP contribution in [0.25, 0.3) is 11.4 Å². The summed E-state index contributed by atoms with van der Waals surface area (Å²) in [6, 6.07) is 11.5. The van der Waals surface area contributed by atoms with E-state index in [2.05, 4.69) is 29.1 Å². The molecule has 6 nitrogen and oxygen atoms in total. The molecule has 0 spiro atoms. The Morgan fingerprint density at radius 2 is 2.00 bits per heavy atom. The van der Waals surface area contributed by atoms with E-state index < -0.39 is 5.82 Å². The molecule has 0 radical (unpaired) electrons. The molecule has 0 saturated carbocycles. The highest BCUT2D eigenvalue weighted by atomic mass is 32.1. The Hall–Kier alpha value is -2.84. The summed E-state index contributed by atoms with van der Waals surface area (Å²) in [4.78, 5) is 1.23. The smallest absolute Gasteiger partial charge is 0.216 e. The van der Waals surface area contributed by atoms with Crippen molar-refractivity contribution in [3.8, 4) is 17.1 Å². The third kappa shape index (κ3) is 3.96. The molecule has 2 aromatic carbocycles. The predicted molar refractivity (Wildman–Crippen MR) is 103 cm³/mol. The molecule has 0 bridgehead atoms. The van der Waals surface area contributed by atoms with Gasteiger partial charge < -0.3 is 10.0 Å². The minimum Gasteiger partial charge on any atom is -0.872 e. The number of aromatic amines is 1. The van der Waals surface area contributed by atoms with E-state index in [0.29, 0.717) is 5.56 Å². The molecular weight excluding hydrogens is 365 g/mol. The number of aromatic nitrogens is 3. The third-order valence-electron chi connectivity index (χ3n) is 4.35. The Labute approximate surface area is 161 Å². The van der Waals surface area contributed by atoms with Crippen molar-refractivity contribution < 1.29 is 14.4 Å². The number of hydrogen-bond acceptors (Lipinski definition) is 4. The van der Waals surface area contributed by atoms with Crippen molar-refractivity contribution in [3.63, 3.8) is 0 Å². The quantitative estimate of drug-likeness (QED) is 0.505. The van der Waals surface area contributed by atoms with Gasteiger partial charge in [0.1, 0.15) is 11.5 Å². The molecule has 3 aromatic rings. The molecule has 140 valence electrons. The van der Waals surface area contributed by atoms with E-state index in [4.69, 9.17) is 12.2 Å². The number of H-pyrrole nitrogens is 1. The van der Waals surface area contributed by atoms with E-state index in [-0.39, 0.29) is 21.9 Å². The fraction of sp³-hybridized carbons (Fsp3) is 0.211. The van der Waals surface area contributed by atoms with E-state index >= 15 is 0 Å². The van der Waals surface area contributed by atoms with Crippen molar-refractivity contribution in [2.75, 3.05) is 13.1 Å². The Morgan fingerprint density at radius 1 is 1.26 bits per heavy atom. The van der Waals surface area contributed by atoms with Gasteiger partial charge >= 0.3 is 0 Å². The van der Waals surface area contributed by atoms with Crippen molar-refractivity contribution in [2.24, 2.45) is 5.10 Å². The van der Waals surface area contributed by atoms with Gasteiger partial charge in [0.05, 0.1) is 24.9 Å². The first-order valence-corrected chi connectivity index (χ1v) is 9.08. The normalized spacial score (nSPS) is 11.6. The van der Waals surface area contributed by atoms with Crippen molar-refractivity contribution in [1.82, 2.24) is 14.9 Å². The van der Waals surface area contributed by atoms with E-state index in [1.165, 1.54) is 21.9 Å². The second-order valence-electron chi connectivity index (χ2n) is 5.95. The molecule has 0 aliphatic carbocycles. The molecule has 0 aliphatic rings. The maximum Gasteiger partial charge on any atom is 0.216 e. The first kappa shape index (κ1) is 18.9. The van der Waals surface area contributed by atoms with E-state index in [1.807, 2.05) is 6.07 Å². The van der Waals surface area contributed by atoms with Crippen molar-refractivity contribution in [3.05, 3.63) is 58.6 Å². The van der Waals surface area contributed by atoms with Gasteiger partial charge in [0.25, 0.3) is 0 Å². The van der Waals surface area contributed by atoms with Crippen LogP contribution in [-0.4, -0.2) is 34.2 Å². The zero-order valence-corrected chi connectivity index (χ0v) is 15.9. The molecule has 0 aliphatic heterocycles. The standard InChI is InChI=1S/C19H20FN5OS/c1-3-24(4-2)14-10-9-13(17(26)11-14)12-21-25-18(22-23-19(25)27)15-7-5-6-8-16(15)20/h5-12,26H,3-4H2,1-2H3,(H,23,27). The highest BCUT2D eigenvalue weighted by molar-refractivity contribution is 7.71. The van der Waals surface area contributed by atoms with Gasteiger partial charge in [0.2, 0.25) is 4.77 Å². The Morgan fingerprint density at radius 3 is 2.67 bits per heavy atom. The highest BCUT2D eigenvalue weighted by Gasteiger charge is 2.12. The van der Waals surface area contributed by atoms with E-state index in [0.717, 1.165) is 18.8 Å². The highest BCUT2D eigenvalue weighted by Crippen LogP contribution is 2.21. The number of nitrogens with zero attached hydrogens (tertiary/aromatic N) is 3. The minimum atomic E-state index is -0.431. The lowest BCUT2D eigenvalue weighted by atomic mass is 10.2. The van der Waals surface area contributed by atoms with Crippen LogP contribution < -0.4 is 10.0 Å². The van der Waals surface area contributed by atoms with Crippen molar-refractivity contribution >= 4 is 24.1 Å². The summed E-state index contributed by atoms with van der Waals surface area (Å²) in [6.07, 6.45) is 1.42. The van der Waals surface area contributed by atoms with Gasteiger partial charge in [-0.15, -0.1) is 0 Å². The zero-order chi connectivity index (χ0) is 19.4. The average Bonchev–Trinajstić information content (AvgIpc) is 3.03. The number of halogens is 1. The summed E-state index contributed by atoms with van der Waals surface area (Å²) in [5, 5.41) is 23.3. The van der Waals surface area contributed by atoms with Crippen molar-refractivity contribution in [1.29, 1.82) is 0 Å². The van der Waals surface area contributed by atoms with Crippen LogP contribution in [-0.2, 0) is 0 Å². The summed E-state index contributed by atoms with van der Waals surface area (Å²) < 4.78 is 15.6. The van der Waals surface area contributed by atoms with Crippen LogP contribution in [0.2, 0.25) is 0 Å². The van der Waals surface area contributed by atoms with Gasteiger partial charge in [-0.3, -0.25) is 0 Å². The van der Waals surface area contributed by atoms with Crippen LogP contribution in [0.3, 0.4) is 0 Å². The Kier molecular flexibility index (Phi) is 5.78. The molecule has 3 rings (SSSR count). The van der Waals surface area contributed by atoms with Crippen LogP contribution >= 0.6 is 12.2 Å². The summed E-state index contributed by atoms with van der Waals surface area (Å²) >= 11 is 5.18. The third-order valence-corrected chi connectivity index (χ3v) is 4.62. The monoisotopic (exact) mass is 385 g/mol. The first-order valence-electron chi connectivity index (χ1n) is 8.68. The summed E-state index contributed by atoms with van der Waals surface area (Å²) in [6.45, 7) is 5.95. The average molecular weight is 385 g/mol. The van der Waals surface area contributed by atoms with Crippen LogP contribution in [0.1, 0.15) is 19.4 Å². The minimum absolute atomic E-state index is 0.127. The lowest BCUT2D eigenvalue weighted by molar-refractivity contribution is -0.828. The molecule has 0 unspecified atom stereocenters. The second-order valence-corrected chi connectivity index (χ2v) is 6.34. The fourth-order valence-corrected chi connectivity index (χ4v) is 3.03. The van der Waals surface area contributed by atoms with Crippen molar-refractivity contribution in [2.45, 2.75) is 13.8 Å². The maximum atomic E-state index is 14.1. The van der Waals surface area contributed by atoms with Gasteiger partial charge in [-0.05, 0) is 62.0 Å². The van der Waals surface area contributed by atoms with Crippen LogP contribution in [0.5, 0.6) is 5.75 Å². The molecular formula is C19H20FN5OS. The number of hydrogen-bond donors (Lipinski definition) is 2. The van der Waals surface area contributed by atoms with E-state index in [1.54, 1.807) is 30.3 Å². The van der Waals surface area contributed by atoms with Crippen LogP contribution in [0, 0.1) is 10.6 Å². The number of nitrogens with one attached hydrogen (secondary N) is 2. The summed E-state index contributed by atoms with van der Waals surface area (Å²) in [5.41, 5.74) is 1.65. The molecule has 0 atom stereocenters. The lowest BCUT2D eigenvalue weighted by Crippen LogP contribution is -3.06. The second kappa shape index (κ2) is 8.24. The molecule has 2 N–H and O–H groups in total.